The molecule has 0 bridgehead atoms. The number of aromatic nitrogens is 2. The number of ether oxygens (including phenoxy) is 1. The summed E-state index contributed by atoms with van der Waals surface area (Å²) in [6.07, 6.45) is 0. The predicted molar refractivity (Wildman–Crippen MR) is 80.3 cm³/mol. The highest BCUT2D eigenvalue weighted by atomic mass is 32.2. The summed E-state index contributed by atoms with van der Waals surface area (Å²) in [5.74, 6) is -0.395. The van der Waals surface area contributed by atoms with Crippen molar-refractivity contribution in [3.05, 3.63) is 39.7 Å². The van der Waals surface area contributed by atoms with Crippen LogP contribution < -0.4 is 17.0 Å². The van der Waals surface area contributed by atoms with Crippen LogP contribution >= 0.6 is 11.8 Å². The highest BCUT2D eigenvalue weighted by Crippen LogP contribution is 2.30. The van der Waals surface area contributed by atoms with Gasteiger partial charge in [0, 0.05) is 16.6 Å². The smallest absolute Gasteiger partial charge is 0.340 e. The third-order valence-corrected chi connectivity index (χ3v) is 3.58. The van der Waals surface area contributed by atoms with E-state index in [0.717, 1.165) is 5.56 Å². The van der Waals surface area contributed by atoms with Crippen molar-refractivity contribution in [3.63, 3.8) is 0 Å². The standard InChI is InChI=1S/C13H14N4O3S/c1-6-3-7(4-8(11(6)15)12(19)20-2)21-13-16-9(14)5-10(18)17-13/h3-5H,15H2,1-2H3,(H3,14,16,17,18). The number of benzene rings is 1. The Kier molecular flexibility index (Phi) is 4.18. The quantitative estimate of drug-likeness (QED) is 0.442. The molecule has 0 amide bonds. The summed E-state index contributed by atoms with van der Waals surface area (Å²) in [6.45, 7) is 1.78. The monoisotopic (exact) mass is 306 g/mol. The van der Waals surface area contributed by atoms with Crippen molar-refractivity contribution in [1.82, 2.24) is 9.97 Å². The maximum atomic E-state index is 11.7. The van der Waals surface area contributed by atoms with Gasteiger partial charge in [0.25, 0.3) is 5.56 Å². The average Bonchev–Trinajstić information content (AvgIpc) is 2.40. The van der Waals surface area contributed by atoms with Gasteiger partial charge in [-0.2, -0.15) is 0 Å². The number of carbonyl (C=O) groups excluding carboxylic acids is 1. The van der Waals surface area contributed by atoms with Gasteiger partial charge in [-0.25, -0.2) is 9.78 Å². The lowest BCUT2D eigenvalue weighted by Crippen LogP contribution is -2.10. The molecule has 0 saturated carbocycles. The van der Waals surface area contributed by atoms with Crippen LogP contribution in [0, 0.1) is 6.92 Å². The van der Waals surface area contributed by atoms with Crippen molar-refractivity contribution in [1.29, 1.82) is 0 Å². The minimum absolute atomic E-state index is 0.126. The number of H-pyrrole nitrogens is 1. The predicted octanol–water partition coefficient (Wildman–Crippen LogP) is 1.18. The van der Waals surface area contributed by atoms with Crippen LogP contribution in [0.4, 0.5) is 11.5 Å². The summed E-state index contributed by atoms with van der Waals surface area (Å²) >= 11 is 1.17. The normalized spacial score (nSPS) is 10.4. The molecule has 110 valence electrons. The lowest BCUT2D eigenvalue weighted by atomic mass is 10.1. The van der Waals surface area contributed by atoms with E-state index >= 15 is 0 Å². The first-order valence-corrected chi connectivity index (χ1v) is 6.75. The number of aryl methyl sites for hydroxylation is 1. The van der Waals surface area contributed by atoms with E-state index in [2.05, 4.69) is 9.97 Å². The fourth-order valence-corrected chi connectivity index (χ4v) is 2.65. The van der Waals surface area contributed by atoms with E-state index < -0.39 is 5.97 Å². The summed E-state index contributed by atoms with van der Waals surface area (Å²) in [5, 5.41) is 0.333. The van der Waals surface area contributed by atoms with Gasteiger partial charge < -0.3 is 21.2 Å². The second-order valence-electron chi connectivity index (χ2n) is 4.27. The van der Waals surface area contributed by atoms with Gasteiger partial charge in [0.15, 0.2) is 5.16 Å². The van der Waals surface area contributed by atoms with Gasteiger partial charge >= 0.3 is 5.97 Å². The van der Waals surface area contributed by atoms with Gasteiger partial charge in [-0.3, -0.25) is 4.79 Å². The Morgan fingerprint density at radius 1 is 1.33 bits per heavy atom. The van der Waals surface area contributed by atoms with Gasteiger partial charge in [-0.1, -0.05) is 11.8 Å². The Morgan fingerprint density at radius 2 is 2.05 bits per heavy atom. The first kappa shape index (κ1) is 14.9. The first-order chi connectivity index (χ1) is 9.90. The third-order valence-electron chi connectivity index (χ3n) is 2.72. The van der Waals surface area contributed by atoms with Gasteiger partial charge in [0.1, 0.15) is 5.82 Å². The Morgan fingerprint density at radius 3 is 2.67 bits per heavy atom. The molecule has 8 heteroatoms. The molecule has 0 aliphatic heterocycles. The molecule has 0 atom stereocenters. The minimum atomic E-state index is -0.521. The number of nitrogens with two attached hydrogens (primary N) is 2. The molecule has 0 fully saturated rings. The molecule has 2 rings (SSSR count). The van der Waals surface area contributed by atoms with Gasteiger partial charge in [-0.15, -0.1) is 0 Å². The maximum Gasteiger partial charge on any atom is 0.340 e. The maximum absolute atomic E-state index is 11.7. The van der Waals surface area contributed by atoms with Crippen LogP contribution in [0.2, 0.25) is 0 Å². The largest absolute Gasteiger partial charge is 0.465 e. The van der Waals surface area contributed by atoms with Crippen LogP contribution in [-0.2, 0) is 4.74 Å². The van der Waals surface area contributed by atoms with Crippen LogP contribution in [0.3, 0.4) is 0 Å². The molecule has 1 aromatic carbocycles. The summed E-state index contributed by atoms with van der Waals surface area (Å²) in [7, 11) is 1.29. The number of aromatic amines is 1. The van der Waals surface area contributed by atoms with Gasteiger partial charge in [0.05, 0.1) is 12.7 Å². The molecule has 7 nitrogen and oxygen atoms in total. The van der Waals surface area contributed by atoms with Crippen LogP contribution in [0.15, 0.2) is 33.0 Å². The number of carbonyl (C=O) groups is 1. The van der Waals surface area contributed by atoms with E-state index in [1.54, 1.807) is 19.1 Å². The zero-order chi connectivity index (χ0) is 15.6. The van der Waals surface area contributed by atoms with Crippen molar-refractivity contribution in [2.24, 2.45) is 0 Å². The number of hydrogen-bond donors (Lipinski definition) is 3. The molecule has 0 aliphatic carbocycles. The molecule has 5 N–H and O–H groups in total. The fraction of sp³-hybridized carbons (Fsp3) is 0.154. The van der Waals surface area contributed by atoms with Crippen molar-refractivity contribution in [3.8, 4) is 0 Å². The molecule has 1 aromatic heterocycles. The Hall–Kier alpha value is -2.48. The Balaban J connectivity index is 2.43. The van der Waals surface area contributed by atoms with Crippen LogP contribution in [0.25, 0.3) is 0 Å². The van der Waals surface area contributed by atoms with Crippen molar-refractivity contribution < 1.29 is 9.53 Å². The SMILES string of the molecule is COC(=O)c1cc(Sc2nc(N)cc(=O)[nH]2)cc(C)c1N. The fourth-order valence-electron chi connectivity index (χ4n) is 1.72. The minimum Gasteiger partial charge on any atom is -0.465 e. The molecule has 0 unspecified atom stereocenters. The molecule has 0 radical (unpaired) electrons. The highest BCUT2D eigenvalue weighted by Gasteiger charge is 2.14. The molecule has 1 heterocycles. The molecule has 0 aliphatic rings. The summed E-state index contributed by atoms with van der Waals surface area (Å²) in [4.78, 5) is 30.3. The number of hydrogen-bond acceptors (Lipinski definition) is 7. The molecule has 0 spiro atoms. The topological polar surface area (TPSA) is 124 Å². The number of esters is 1. The molecular formula is C13H14N4O3S. The summed E-state index contributed by atoms with van der Waals surface area (Å²) in [5.41, 5.74) is 12.4. The van der Waals surface area contributed by atoms with Crippen LogP contribution in [0.1, 0.15) is 15.9 Å². The molecular weight excluding hydrogens is 292 g/mol. The number of nitrogens with one attached hydrogen (secondary N) is 1. The van der Waals surface area contributed by atoms with E-state index in [9.17, 15) is 9.59 Å². The zero-order valence-electron chi connectivity index (χ0n) is 11.5. The second kappa shape index (κ2) is 5.88. The number of rotatable bonds is 3. The van der Waals surface area contributed by atoms with Crippen molar-refractivity contribution in [2.45, 2.75) is 17.0 Å². The van der Waals surface area contributed by atoms with Gasteiger partial charge in [-0.05, 0) is 24.6 Å². The Labute approximate surface area is 124 Å². The molecule has 2 aromatic rings. The molecule has 0 saturated heterocycles. The van der Waals surface area contributed by atoms with E-state index in [1.165, 1.54) is 24.9 Å². The molecule has 21 heavy (non-hydrogen) atoms. The van der Waals surface area contributed by atoms with Crippen LogP contribution in [0.5, 0.6) is 0 Å². The van der Waals surface area contributed by atoms with E-state index in [4.69, 9.17) is 16.2 Å². The average molecular weight is 306 g/mol. The zero-order valence-corrected chi connectivity index (χ0v) is 12.3. The lowest BCUT2D eigenvalue weighted by molar-refractivity contribution is 0.0601. The Bertz CT molecular complexity index is 758. The van der Waals surface area contributed by atoms with E-state index in [1.807, 2.05) is 0 Å². The lowest BCUT2D eigenvalue weighted by Gasteiger charge is -2.10. The summed E-state index contributed by atoms with van der Waals surface area (Å²) < 4.78 is 4.69. The number of nitrogens with zero attached hydrogens (tertiary/aromatic N) is 1. The third kappa shape index (κ3) is 3.34. The number of anilines is 2. The van der Waals surface area contributed by atoms with Crippen molar-refractivity contribution in [2.75, 3.05) is 18.6 Å². The van der Waals surface area contributed by atoms with Gasteiger partial charge in [0.2, 0.25) is 0 Å². The second-order valence-corrected chi connectivity index (χ2v) is 5.33. The number of nitrogen functional groups attached to an aromatic ring is 2. The summed E-state index contributed by atoms with van der Waals surface area (Å²) in [6, 6.07) is 4.57. The van der Waals surface area contributed by atoms with Crippen LogP contribution in [-0.4, -0.2) is 23.0 Å². The highest BCUT2D eigenvalue weighted by molar-refractivity contribution is 7.99. The first-order valence-electron chi connectivity index (χ1n) is 5.94. The van der Waals surface area contributed by atoms with E-state index in [-0.39, 0.29) is 16.9 Å². The van der Waals surface area contributed by atoms with E-state index in [0.29, 0.717) is 15.7 Å². The van der Waals surface area contributed by atoms with Crippen molar-refractivity contribution >= 4 is 29.2 Å². The number of methoxy groups -OCH3 is 1.